The smallest absolute Gasteiger partial charge is 0.240 e. The van der Waals surface area contributed by atoms with E-state index < -0.39 is 0 Å². The summed E-state index contributed by atoms with van der Waals surface area (Å²) in [6.45, 7) is 5.58. The normalized spacial score (nSPS) is 11.1. The van der Waals surface area contributed by atoms with Crippen LogP contribution >= 0.6 is 0 Å². The lowest BCUT2D eigenvalue weighted by Gasteiger charge is -2.10. The molecule has 24 heavy (non-hydrogen) atoms. The minimum absolute atomic E-state index is 0.231. The monoisotopic (exact) mass is 326 g/mol. The highest BCUT2D eigenvalue weighted by molar-refractivity contribution is 5.70. The van der Waals surface area contributed by atoms with Gasteiger partial charge in [-0.1, -0.05) is 17.2 Å². The van der Waals surface area contributed by atoms with E-state index in [-0.39, 0.29) is 5.95 Å². The highest BCUT2D eigenvalue weighted by atomic mass is 16.5. The zero-order valence-electron chi connectivity index (χ0n) is 14.2. The molecule has 7 nitrogen and oxygen atoms in total. The second-order valence-electron chi connectivity index (χ2n) is 5.86. The van der Waals surface area contributed by atoms with Gasteiger partial charge in [-0.25, -0.2) is 9.50 Å². The zero-order chi connectivity index (χ0) is 17.1. The molecule has 0 atom stereocenters. The van der Waals surface area contributed by atoms with Crippen LogP contribution in [0, 0.1) is 13.8 Å². The largest absolute Gasteiger partial charge is 0.385 e. The number of hydrogen-bond donors (Lipinski definition) is 2. The number of nitrogens with zero attached hydrogens (tertiary/aromatic N) is 4. The second-order valence-corrected chi connectivity index (χ2v) is 5.86. The minimum atomic E-state index is 0.231. The molecule has 2 aromatic heterocycles. The van der Waals surface area contributed by atoms with Crippen molar-refractivity contribution in [3.05, 3.63) is 35.5 Å². The van der Waals surface area contributed by atoms with Crippen LogP contribution in [0.4, 0.5) is 11.8 Å². The summed E-state index contributed by atoms with van der Waals surface area (Å²) in [5, 5.41) is 7.53. The van der Waals surface area contributed by atoms with Gasteiger partial charge in [-0.05, 0) is 32.4 Å². The number of rotatable bonds is 6. The molecule has 0 spiro atoms. The van der Waals surface area contributed by atoms with Gasteiger partial charge in [0.1, 0.15) is 0 Å². The summed E-state index contributed by atoms with van der Waals surface area (Å²) in [4.78, 5) is 8.99. The van der Waals surface area contributed by atoms with Crippen LogP contribution in [-0.2, 0) is 4.74 Å². The number of nitrogen functional groups attached to an aromatic ring is 1. The standard InChI is InChI=1S/C17H22N6O/c1-11-7-12(2)9-13(8-11)14-10-23-16(21-17(18)22-23)15(20-14)19-5-4-6-24-3/h7-10H,4-6H2,1-3H3,(H2,18,22)(H,19,20). The number of methoxy groups -OCH3 is 1. The number of nitrogens with one attached hydrogen (secondary N) is 1. The van der Waals surface area contributed by atoms with Crippen molar-refractivity contribution in [1.29, 1.82) is 0 Å². The molecule has 0 saturated heterocycles. The van der Waals surface area contributed by atoms with Gasteiger partial charge in [0.25, 0.3) is 0 Å². The van der Waals surface area contributed by atoms with Crippen molar-refractivity contribution >= 4 is 17.4 Å². The Morgan fingerprint density at radius 3 is 2.62 bits per heavy atom. The molecule has 0 aliphatic carbocycles. The lowest BCUT2D eigenvalue weighted by molar-refractivity contribution is 0.198. The summed E-state index contributed by atoms with van der Waals surface area (Å²) in [6, 6.07) is 6.35. The molecule has 3 rings (SSSR count). The second kappa shape index (κ2) is 6.84. The van der Waals surface area contributed by atoms with E-state index in [1.54, 1.807) is 11.6 Å². The molecule has 0 bridgehead atoms. The highest BCUT2D eigenvalue weighted by Crippen LogP contribution is 2.24. The SMILES string of the molecule is COCCCNc1nc(-c2cc(C)cc(C)c2)cn2nc(N)nc12. The predicted molar refractivity (Wildman–Crippen MR) is 95.1 cm³/mol. The van der Waals surface area contributed by atoms with Gasteiger partial charge >= 0.3 is 0 Å². The van der Waals surface area contributed by atoms with E-state index in [9.17, 15) is 0 Å². The molecule has 0 aliphatic rings. The molecule has 0 saturated carbocycles. The lowest BCUT2D eigenvalue weighted by atomic mass is 10.1. The van der Waals surface area contributed by atoms with Gasteiger partial charge in [-0.2, -0.15) is 4.98 Å². The van der Waals surface area contributed by atoms with E-state index >= 15 is 0 Å². The molecule has 0 amide bonds. The first-order chi connectivity index (χ1) is 11.6. The van der Waals surface area contributed by atoms with Crippen LogP contribution < -0.4 is 11.1 Å². The van der Waals surface area contributed by atoms with Gasteiger partial charge in [-0.3, -0.25) is 0 Å². The topological polar surface area (TPSA) is 90.4 Å². The van der Waals surface area contributed by atoms with Crippen LogP contribution in [0.25, 0.3) is 16.9 Å². The van der Waals surface area contributed by atoms with Crippen LogP contribution in [0.3, 0.4) is 0 Å². The summed E-state index contributed by atoms with van der Waals surface area (Å²) >= 11 is 0. The fourth-order valence-corrected chi connectivity index (χ4v) is 2.71. The van der Waals surface area contributed by atoms with E-state index in [1.807, 2.05) is 6.20 Å². The molecule has 3 N–H and O–H groups in total. The lowest BCUT2D eigenvalue weighted by Crippen LogP contribution is -2.08. The molecule has 2 heterocycles. The quantitative estimate of drug-likeness (QED) is 0.676. The Morgan fingerprint density at radius 1 is 1.17 bits per heavy atom. The van der Waals surface area contributed by atoms with Crippen molar-refractivity contribution in [1.82, 2.24) is 19.6 Å². The number of ether oxygens (including phenoxy) is 1. The maximum atomic E-state index is 5.75. The third-order valence-corrected chi connectivity index (χ3v) is 3.67. The summed E-state index contributed by atoms with van der Waals surface area (Å²) in [6.07, 6.45) is 2.73. The van der Waals surface area contributed by atoms with Crippen molar-refractivity contribution < 1.29 is 4.74 Å². The Hall–Kier alpha value is -2.67. The summed E-state index contributed by atoms with van der Waals surface area (Å²) in [5.74, 6) is 0.904. The maximum Gasteiger partial charge on any atom is 0.240 e. The number of fused-ring (bicyclic) bond motifs is 1. The van der Waals surface area contributed by atoms with Crippen LogP contribution in [0.2, 0.25) is 0 Å². The van der Waals surface area contributed by atoms with Gasteiger partial charge in [-0.15, -0.1) is 5.10 Å². The average molecular weight is 326 g/mol. The molecule has 0 fully saturated rings. The van der Waals surface area contributed by atoms with Crippen molar-refractivity contribution in [3.63, 3.8) is 0 Å². The third kappa shape index (κ3) is 3.46. The van der Waals surface area contributed by atoms with Gasteiger partial charge in [0.2, 0.25) is 5.95 Å². The van der Waals surface area contributed by atoms with Crippen LogP contribution in [0.15, 0.2) is 24.4 Å². The zero-order valence-corrected chi connectivity index (χ0v) is 14.2. The first kappa shape index (κ1) is 16.2. The molecule has 3 aromatic rings. The Labute approximate surface area is 140 Å². The molecule has 0 radical (unpaired) electrons. The van der Waals surface area contributed by atoms with Gasteiger partial charge < -0.3 is 15.8 Å². The summed E-state index contributed by atoms with van der Waals surface area (Å²) in [7, 11) is 1.69. The Bertz CT molecular complexity index is 837. The van der Waals surface area contributed by atoms with Gasteiger partial charge in [0.15, 0.2) is 11.5 Å². The minimum Gasteiger partial charge on any atom is -0.385 e. The van der Waals surface area contributed by atoms with Crippen LogP contribution in [0.5, 0.6) is 0 Å². The molecular formula is C17H22N6O. The van der Waals surface area contributed by atoms with Crippen LogP contribution in [-0.4, -0.2) is 39.8 Å². The molecule has 0 unspecified atom stereocenters. The van der Waals surface area contributed by atoms with E-state index in [1.165, 1.54) is 11.1 Å². The molecule has 1 aromatic carbocycles. The average Bonchev–Trinajstić information content (AvgIpc) is 2.90. The number of aromatic nitrogens is 4. The Morgan fingerprint density at radius 2 is 1.92 bits per heavy atom. The summed E-state index contributed by atoms with van der Waals surface area (Å²) in [5.41, 5.74) is 10.6. The van der Waals surface area contributed by atoms with Crippen molar-refractivity contribution in [2.75, 3.05) is 31.3 Å². The van der Waals surface area contributed by atoms with Crippen LogP contribution in [0.1, 0.15) is 17.5 Å². The number of anilines is 2. The first-order valence-electron chi connectivity index (χ1n) is 7.91. The fraction of sp³-hybridized carbons (Fsp3) is 0.353. The fourth-order valence-electron chi connectivity index (χ4n) is 2.71. The number of nitrogens with two attached hydrogens (primary N) is 1. The molecule has 7 heteroatoms. The predicted octanol–water partition coefficient (Wildman–Crippen LogP) is 2.44. The van der Waals surface area contributed by atoms with Gasteiger partial charge in [0.05, 0.1) is 11.9 Å². The Kier molecular flexibility index (Phi) is 4.61. The highest BCUT2D eigenvalue weighted by Gasteiger charge is 2.12. The number of benzene rings is 1. The Balaban J connectivity index is 2.02. The van der Waals surface area contributed by atoms with E-state index in [0.717, 1.165) is 24.2 Å². The maximum absolute atomic E-state index is 5.75. The molecule has 0 aliphatic heterocycles. The van der Waals surface area contributed by atoms with Gasteiger partial charge in [0, 0.05) is 25.8 Å². The number of aryl methyl sites for hydroxylation is 2. The summed E-state index contributed by atoms with van der Waals surface area (Å²) < 4.78 is 6.75. The van der Waals surface area contributed by atoms with E-state index in [2.05, 4.69) is 47.4 Å². The molecule has 126 valence electrons. The van der Waals surface area contributed by atoms with Crippen molar-refractivity contribution in [2.45, 2.75) is 20.3 Å². The first-order valence-corrected chi connectivity index (χ1v) is 7.91. The van der Waals surface area contributed by atoms with E-state index in [4.69, 9.17) is 15.5 Å². The van der Waals surface area contributed by atoms with Crippen molar-refractivity contribution in [3.8, 4) is 11.3 Å². The third-order valence-electron chi connectivity index (χ3n) is 3.67. The van der Waals surface area contributed by atoms with Crippen molar-refractivity contribution in [2.24, 2.45) is 0 Å². The number of hydrogen-bond acceptors (Lipinski definition) is 6. The molecular weight excluding hydrogens is 304 g/mol. The van der Waals surface area contributed by atoms with E-state index in [0.29, 0.717) is 18.1 Å².